The molecule has 0 saturated carbocycles. The van der Waals surface area contributed by atoms with Crippen LogP contribution in [0.5, 0.6) is 0 Å². The van der Waals surface area contributed by atoms with Crippen LogP contribution in [0.2, 0.25) is 0 Å². The smallest absolute Gasteiger partial charge is 0.411 e. The number of para-hydroxylation sites is 1. The molecule has 6 nitrogen and oxygen atoms in total. The summed E-state index contributed by atoms with van der Waals surface area (Å²) in [5.74, 6) is 0.388. The van der Waals surface area contributed by atoms with Gasteiger partial charge in [-0.05, 0) is 29.7 Å². The molecule has 0 bridgehead atoms. The van der Waals surface area contributed by atoms with E-state index in [2.05, 4.69) is 33.8 Å². The van der Waals surface area contributed by atoms with E-state index in [1.165, 1.54) is 7.11 Å². The molecule has 0 radical (unpaired) electrons. The second-order valence-corrected chi connectivity index (χ2v) is 7.10. The lowest BCUT2D eigenvalue weighted by Gasteiger charge is -2.08. The summed E-state index contributed by atoms with van der Waals surface area (Å²) in [5.41, 5.74) is 3.33. The molecule has 6 heteroatoms. The fourth-order valence-electron chi connectivity index (χ4n) is 3.12. The first-order chi connectivity index (χ1) is 13.5. The van der Waals surface area contributed by atoms with Crippen LogP contribution in [0, 0.1) is 5.92 Å². The summed E-state index contributed by atoms with van der Waals surface area (Å²) in [6, 6.07) is 15.2. The van der Waals surface area contributed by atoms with Gasteiger partial charge in [-0.2, -0.15) is 0 Å². The molecule has 1 heterocycles. The van der Waals surface area contributed by atoms with E-state index in [-0.39, 0.29) is 5.91 Å². The second kappa shape index (κ2) is 8.61. The lowest BCUT2D eigenvalue weighted by Crippen LogP contribution is -2.22. The molecule has 146 valence electrons. The Bertz CT molecular complexity index is 974. The minimum Gasteiger partial charge on any atom is -0.453 e. The van der Waals surface area contributed by atoms with Crippen molar-refractivity contribution in [1.82, 2.24) is 9.88 Å². The van der Waals surface area contributed by atoms with Crippen LogP contribution < -0.4 is 10.6 Å². The van der Waals surface area contributed by atoms with Gasteiger partial charge < -0.3 is 14.6 Å². The molecule has 0 aliphatic rings. The SMILES string of the molecule is COC(=O)Nc1ccc(CNC(=O)c2cn(CC(C)C)c3ccccc23)cc1. The summed E-state index contributed by atoms with van der Waals surface area (Å²) in [6.45, 7) is 5.59. The number of rotatable bonds is 6. The topological polar surface area (TPSA) is 72.4 Å². The molecule has 0 unspecified atom stereocenters. The molecule has 2 N–H and O–H groups in total. The first-order valence-corrected chi connectivity index (χ1v) is 9.28. The Balaban J connectivity index is 1.70. The van der Waals surface area contributed by atoms with E-state index in [4.69, 9.17) is 0 Å². The van der Waals surface area contributed by atoms with Crippen molar-refractivity contribution in [2.75, 3.05) is 12.4 Å². The van der Waals surface area contributed by atoms with Gasteiger partial charge >= 0.3 is 6.09 Å². The number of nitrogens with one attached hydrogen (secondary N) is 2. The zero-order chi connectivity index (χ0) is 20.1. The maximum Gasteiger partial charge on any atom is 0.411 e. The first kappa shape index (κ1) is 19.5. The van der Waals surface area contributed by atoms with Gasteiger partial charge in [0, 0.05) is 35.9 Å². The second-order valence-electron chi connectivity index (χ2n) is 7.10. The molecule has 0 atom stereocenters. The molecule has 0 fully saturated rings. The number of nitrogens with zero attached hydrogens (tertiary/aromatic N) is 1. The van der Waals surface area contributed by atoms with E-state index in [0.29, 0.717) is 23.7 Å². The number of ether oxygens (including phenoxy) is 1. The minimum absolute atomic E-state index is 0.101. The van der Waals surface area contributed by atoms with Crippen LogP contribution in [-0.2, 0) is 17.8 Å². The van der Waals surface area contributed by atoms with E-state index in [1.807, 2.05) is 42.6 Å². The van der Waals surface area contributed by atoms with Crippen LogP contribution in [0.15, 0.2) is 54.7 Å². The van der Waals surface area contributed by atoms with Crippen molar-refractivity contribution in [1.29, 1.82) is 0 Å². The number of benzene rings is 2. The molecule has 1 aromatic heterocycles. The Morgan fingerprint density at radius 1 is 1.07 bits per heavy atom. The highest BCUT2D eigenvalue weighted by molar-refractivity contribution is 6.07. The minimum atomic E-state index is -0.515. The third-order valence-electron chi connectivity index (χ3n) is 4.43. The van der Waals surface area contributed by atoms with Crippen molar-refractivity contribution in [3.8, 4) is 0 Å². The van der Waals surface area contributed by atoms with Gasteiger partial charge in [-0.1, -0.05) is 44.2 Å². The van der Waals surface area contributed by atoms with Gasteiger partial charge in [-0.3, -0.25) is 10.1 Å². The van der Waals surface area contributed by atoms with Gasteiger partial charge in [0.15, 0.2) is 0 Å². The molecular weight excluding hydrogens is 354 g/mol. The molecule has 2 amide bonds. The summed E-state index contributed by atoms with van der Waals surface area (Å²) in [4.78, 5) is 24.0. The number of hydrogen-bond donors (Lipinski definition) is 2. The molecule has 3 aromatic rings. The standard InChI is InChI=1S/C22H25N3O3/c1-15(2)13-25-14-19(18-6-4-5-7-20(18)25)21(26)23-12-16-8-10-17(11-9-16)24-22(27)28-3/h4-11,14-15H,12-13H2,1-3H3,(H,23,26)(H,24,27). The van der Waals surface area contributed by atoms with Crippen molar-refractivity contribution < 1.29 is 14.3 Å². The number of hydrogen-bond acceptors (Lipinski definition) is 3. The average Bonchev–Trinajstić information content (AvgIpc) is 3.05. The summed E-state index contributed by atoms with van der Waals surface area (Å²) < 4.78 is 6.71. The van der Waals surface area contributed by atoms with E-state index in [9.17, 15) is 9.59 Å². The van der Waals surface area contributed by atoms with Crippen molar-refractivity contribution in [2.24, 2.45) is 5.92 Å². The first-order valence-electron chi connectivity index (χ1n) is 9.28. The number of aromatic nitrogens is 1. The maximum absolute atomic E-state index is 12.8. The normalized spacial score (nSPS) is 10.9. The van der Waals surface area contributed by atoms with Crippen molar-refractivity contribution in [2.45, 2.75) is 26.9 Å². The number of carbonyl (C=O) groups is 2. The van der Waals surface area contributed by atoms with E-state index in [0.717, 1.165) is 23.0 Å². The number of fused-ring (bicyclic) bond motifs is 1. The number of amides is 2. The predicted molar refractivity (Wildman–Crippen MR) is 110 cm³/mol. The monoisotopic (exact) mass is 379 g/mol. The summed E-state index contributed by atoms with van der Waals surface area (Å²) in [6.07, 6.45) is 1.42. The summed E-state index contributed by atoms with van der Waals surface area (Å²) in [7, 11) is 1.32. The molecule has 3 rings (SSSR count). The van der Waals surface area contributed by atoms with Gasteiger partial charge in [0.05, 0.1) is 12.7 Å². The van der Waals surface area contributed by atoms with Crippen molar-refractivity contribution in [3.63, 3.8) is 0 Å². The van der Waals surface area contributed by atoms with Gasteiger partial charge in [0.1, 0.15) is 0 Å². The molecule has 0 spiro atoms. The van der Waals surface area contributed by atoms with Crippen LogP contribution in [0.4, 0.5) is 10.5 Å². The van der Waals surface area contributed by atoms with Crippen LogP contribution in [-0.4, -0.2) is 23.7 Å². The zero-order valence-electron chi connectivity index (χ0n) is 16.4. The Morgan fingerprint density at radius 3 is 2.46 bits per heavy atom. The zero-order valence-corrected chi connectivity index (χ0v) is 16.4. The predicted octanol–water partition coefficient (Wildman–Crippen LogP) is 4.41. The van der Waals surface area contributed by atoms with Gasteiger partial charge in [-0.15, -0.1) is 0 Å². The largest absolute Gasteiger partial charge is 0.453 e. The molecular formula is C22H25N3O3. The van der Waals surface area contributed by atoms with Gasteiger partial charge in [0.25, 0.3) is 5.91 Å². The fraction of sp³-hybridized carbons (Fsp3) is 0.273. The van der Waals surface area contributed by atoms with Gasteiger partial charge in [-0.25, -0.2) is 4.79 Å². The third-order valence-corrected chi connectivity index (χ3v) is 4.43. The van der Waals surface area contributed by atoms with E-state index >= 15 is 0 Å². The Labute approximate surface area is 164 Å². The van der Waals surface area contributed by atoms with Crippen LogP contribution in [0.25, 0.3) is 10.9 Å². The fourth-order valence-corrected chi connectivity index (χ4v) is 3.12. The van der Waals surface area contributed by atoms with Crippen molar-refractivity contribution in [3.05, 3.63) is 65.9 Å². The average molecular weight is 379 g/mol. The van der Waals surface area contributed by atoms with Gasteiger partial charge in [0.2, 0.25) is 0 Å². The highest BCUT2D eigenvalue weighted by atomic mass is 16.5. The Kier molecular flexibility index (Phi) is 5.99. The van der Waals surface area contributed by atoms with Crippen LogP contribution in [0.3, 0.4) is 0 Å². The number of methoxy groups -OCH3 is 1. The Hall–Kier alpha value is -3.28. The number of carbonyl (C=O) groups excluding carboxylic acids is 2. The number of anilines is 1. The molecule has 2 aromatic carbocycles. The third kappa shape index (κ3) is 4.52. The molecule has 0 saturated heterocycles. The highest BCUT2D eigenvalue weighted by Gasteiger charge is 2.15. The molecule has 0 aliphatic heterocycles. The van der Waals surface area contributed by atoms with E-state index in [1.54, 1.807) is 12.1 Å². The Morgan fingerprint density at radius 2 is 1.79 bits per heavy atom. The summed E-state index contributed by atoms with van der Waals surface area (Å²) >= 11 is 0. The lowest BCUT2D eigenvalue weighted by atomic mass is 10.1. The molecule has 0 aliphatic carbocycles. The highest BCUT2D eigenvalue weighted by Crippen LogP contribution is 2.22. The van der Waals surface area contributed by atoms with Crippen LogP contribution >= 0.6 is 0 Å². The lowest BCUT2D eigenvalue weighted by molar-refractivity contribution is 0.0952. The molecule has 28 heavy (non-hydrogen) atoms. The summed E-state index contributed by atoms with van der Waals surface area (Å²) in [5, 5.41) is 6.53. The maximum atomic E-state index is 12.8. The quantitative estimate of drug-likeness (QED) is 0.666. The van der Waals surface area contributed by atoms with E-state index < -0.39 is 6.09 Å². The van der Waals surface area contributed by atoms with Crippen LogP contribution in [0.1, 0.15) is 29.8 Å². The van der Waals surface area contributed by atoms with Crippen molar-refractivity contribution >= 4 is 28.6 Å².